The van der Waals surface area contributed by atoms with E-state index in [1.165, 1.54) is 27.4 Å². The van der Waals surface area contributed by atoms with E-state index in [0.717, 1.165) is 10.9 Å². The molecule has 3 rings (SSSR count). The molecule has 0 aliphatic rings. The molecule has 3 aromatic rings. The first-order chi connectivity index (χ1) is 11.9. The minimum atomic E-state index is -4.54. The Kier molecular flexibility index (Phi) is 4.32. The number of hydrogen-bond acceptors (Lipinski definition) is 5. The largest absolute Gasteiger partial charge is 0.493 e. The molecule has 8 heteroatoms. The molecule has 7 nitrogen and oxygen atoms in total. The first kappa shape index (κ1) is 17.1. The van der Waals surface area contributed by atoms with Gasteiger partial charge in [0.05, 0.1) is 21.3 Å². The van der Waals surface area contributed by atoms with E-state index in [-0.39, 0.29) is 27.7 Å². The summed E-state index contributed by atoms with van der Waals surface area (Å²) in [5.41, 5.74) is 1.65. The van der Waals surface area contributed by atoms with E-state index >= 15 is 0 Å². The zero-order valence-corrected chi connectivity index (χ0v) is 14.7. The number of nitrogens with one attached hydrogen (secondary N) is 1. The van der Waals surface area contributed by atoms with Crippen LogP contribution in [-0.4, -0.2) is 39.3 Å². The lowest BCUT2D eigenvalue weighted by Gasteiger charge is -2.18. The monoisotopic (exact) mass is 363 g/mol. The van der Waals surface area contributed by atoms with E-state index in [4.69, 9.17) is 14.2 Å². The maximum Gasteiger partial charge on any atom is 0.295 e. The predicted octanol–water partition coefficient (Wildman–Crippen LogP) is 3.11. The summed E-state index contributed by atoms with van der Waals surface area (Å²) >= 11 is 0. The highest BCUT2D eigenvalue weighted by Gasteiger charge is 2.27. The summed E-state index contributed by atoms with van der Waals surface area (Å²) in [7, 11) is -0.348. The van der Waals surface area contributed by atoms with Gasteiger partial charge in [0.25, 0.3) is 10.1 Å². The van der Waals surface area contributed by atoms with Gasteiger partial charge in [-0.1, -0.05) is 6.07 Å². The summed E-state index contributed by atoms with van der Waals surface area (Å²) in [5, 5.41) is 0.885. The molecule has 0 amide bonds. The van der Waals surface area contributed by atoms with Gasteiger partial charge in [-0.05, 0) is 29.1 Å². The van der Waals surface area contributed by atoms with Crippen molar-refractivity contribution in [1.29, 1.82) is 0 Å². The summed E-state index contributed by atoms with van der Waals surface area (Å²) in [6, 6.07) is 8.42. The molecule has 0 aliphatic heterocycles. The number of rotatable bonds is 5. The molecule has 0 aliphatic carbocycles. The number of aromatic nitrogens is 1. The van der Waals surface area contributed by atoms with Gasteiger partial charge in [-0.25, -0.2) is 0 Å². The SMILES string of the molecule is COc1cc(S(=O)(=O)O)c(-c2ccc3[nH]ccc3c2)c(OC)c1OC. The Hall–Kier alpha value is -2.71. The molecule has 0 fully saturated rings. The summed E-state index contributed by atoms with van der Waals surface area (Å²) in [5.74, 6) is 0.532. The zero-order valence-electron chi connectivity index (χ0n) is 13.9. The number of ether oxygens (including phenoxy) is 3. The average Bonchev–Trinajstić information content (AvgIpc) is 3.06. The van der Waals surface area contributed by atoms with Gasteiger partial charge < -0.3 is 19.2 Å². The number of benzene rings is 2. The fraction of sp³-hybridized carbons (Fsp3) is 0.176. The van der Waals surface area contributed by atoms with Gasteiger partial charge >= 0.3 is 0 Å². The van der Waals surface area contributed by atoms with Crippen LogP contribution in [0.15, 0.2) is 41.4 Å². The van der Waals surface area contributed by atoms with Crippen LogP contribution in [0.3, 0.4) is 0 Å². The Morgan fingerprint density at radius 2 is 1.68 bits per heavy atom. The normalized spacial score (nSPS) is 11.5. The standard InChI is InChI=1S/C17H17NO6S/c1-22-13-9-14(25(19,20)21)15(17(24-3)16(13)23-2)11-4-5-12-10(8-11)6-7-18-12/h4-9,18H,1-3H3,(H,19,20,21). The lowest BCUT2D eigenvalue weighted by Crippen LogP contribution is -2.05. The molecule has 0 unspecified atom stereocenters. The first-order valence-electron chi connectivity index (χ1n) is 7.28. The Balaban J connectivity index is 2.43. The van der Waals surface area contributed by atoms with Crippen LogP contribution in [0.1, 0.15) is 0 Å². The second kappa shape index (κ2) is 6.30. The van der Waals surface area contributed by atoms with Gasteiger partial charge in [0.2, 0.25) is 5.75 Å². The second-order valence-corrected chi connectivity index (χ2v) is 6.66. The predicted molar refractivity (Wildman–Crippen MR) is 93.2 cm³/mol. The minimum absolute atomic E-state index is 0.137. The van der Waals surface area contributed by atoms with Gasteiger partial charge in [-0.2, -0.15) is 8.42 Å². The summed E-state index contributed by atoms with van der Waals surface area (Å²) in [4.78, 5) is 2.75. The lowest BCUT2D eigenvalue weighted by atomic mass is 10.0. The maximum absolute atomic E-state index is 12.0. The molecule has 0 bridgehead atoms. The van der Waals surface area contributed by atoms with Crippen molar-refractivity contribution in [2.24, 2.45) is 0 Å². The molecule has 0 saturated heterocycles. The van der Waals surface area contributed by atoms with E-state index in [2.05, 4.69) is 4.98 Å². The molecule has 1 heterocycles. The Bertz CT molecular complexity index is 1040. The minimum Gasteiger partial charge on any atom is -0.493 e. The Morgan fingerprint density at radius 3 is 2.28 bits per heavy atom. The van der Waals surface area contributed by atoms with Crippen LogP contribution < -0.4 is 14.2 Å². The van der Waals surface area contributed by atoms with Crippen LogP contribution in [0.2, 0.25) is 0 Å². The molecular formula is C17H17NO6S. The topological polar surface area (TPSA) is 97.9 Å². The lowest BCUT2D eigenvalue weighted by molar-refractivity contribution is 0.323. The van der Waals surface area contributed by atoms with Crippen molar-refractivity contribution in [2.75, 3.05) is 21.3 Å². The van der Waals surface area contributed by atoms with Gasteiger partial charge in [0.15, 0.2) is 11.5 Å². The van der Waals surface area contributed by atoms with Gasteiger partial charge in [0.1, 0.15) is 4.90 Å². The van der Waals surface area contributed by atoms with E-state index < -0.39 is 10.1 Å². The van der Waals surface area contributed by atoms with E-state index in [0.29, 0.717) is 5.56 Å². The number of aromatic amines is 1. The quantitative estimate of drug-likeness (QED) is 0.676. The van der Waals surface area contributed by atoms with Crippen LogP contribution in [-0.2, 0) is 10.1 Å². The Morgan fingerprint density at radius 1 is 0.960 bits per heavy atom. The smallest absolute Gasteiger partial charge is 0.295 e. The highest BCUT2D eigenvalue weighted by Crippen LogP contribution is 2.48. The molecule has 25 heavy (non-hydrogen) atoms. The van der Waals surface area contributed by atoms with Gasteiger partial charge in [-0.3, -0.25) is 4.55 Å². The number of fused-ring (bicyclic) bond motifs is 1. The second-order valence-electron chi connectivity index (χ2n) is 5.27. The molecule has 0 radical (unpaired) electrons. The molecule has 1 aromatic heterocycles. The molecule has 0 spiro atoms. The molecular weight excluding hydrogens is 346 g/mol. The van der Waals surface area contributed by atoms with Crippen LogP contribution >= 0.6 is 0 Å². The van der Waals surface area contributed by atoms with E-state index in [1.54, 1.807) is 18.3 Å². The maximum atomic E-state index is 12.0. The third kappa shape index (κ3) is 2.90. The number of methoxy groups -OCH3 is 3. The van der Waals surface area contributed by atoms with Crippen molar-refractivity contribution < 1.29 is 27.2 Å². The summed E-state index contributed by atoms with van der Waals surface area (Å²) < 4.78 is 49.6. The van der Waals surface area contributed by atoms with Gasteiger partial charge in [0, 0.05) is 23.3 Å². The third-order valence-corrected chi connectivity index (χ3v) is 4.79. The number of H-pyrrole nitrogens is 1. The molecule has 0 saturated carbocycles. The zero-order chi connectivity index (χ0) is 18.2. The van der Waals surface area contributed by atoms with Crippen molar-refractivity contribution in [1.82, 2.24) is 4.98 Å². The molecule has 0 atom stereocenters. The third-order valence-electron chi connectivity index (χ3n) is 3.91. The van der Waals surface area contributed by atoms with E-state index in [1.807, 2.05) is 12.1 Å². The highest BCUT2D eigenvalue weighted by atomic mass is 32.2. The molecule has 2 aromatic carbocycles. The fourth-order valence-corrected chi connectivity index (χ4v) is 3.54. The fourth-order valence-electron chi connectivity index (χ4n) is 2.82. The van der Waals surface area contributed by atoms with Crippen LogP contribution in [0.25, 0.3) is 22.0 Å². The van der Waals surface area contributed by atoms with Crippen LogP contribution in [0, 0.1) is 0 Å². The van der Waals surface area contributed by atoms with E-state index in [9.17, 15) is 13.0 Å². The van der Waals surface area contributed by atoms with Crippen LogP contribution in [0.5, 0.6) is 17.2 Å². The molecule has 132 valence electrons. The summed E-state index contributed by atoms with van der Waals surface area (Å²) in [6.07, 6.45) is 1.78. The van der Waals surface area contributed by atoms with Crippen molar-refractivity contribution in [3.05, 3.63) is 36.5 Å². The van der Waals surface area contributed by atoms with Crippen LogP contribution in [0.4, 0.5) is 0 Å². The highest BCUT2D eigenvalue weighted by molar-refractivity contribution is 7.86. The van der Waals surface area contributed by atoms with Crippen molar-refractivity contribution in [3.63, 3.8) is 0 Å². The van der Waals surface area contributed by atoms with Crippen molar-refractivity contribution in [3.8, 4) is 28.4 Å². The Labute approximate surface area is 144 Å². The number of hydrogen-bond donors (Lipinski definition) is 2. The molecule has 2 N–H and O–H groups in total. The van der Waals surface area contributed by atoms with Crippen molar-refractivity contribution >= 4 is 21.0 Å². The average molecular weight is 363 g/mol. The van der Waals surface area contributed by atoms with Gasteiger partial charge in [-0.15, -0.1) is 0 Å². The first-order valence-corrected chi connectivity index (χ1v) is 8.72. The van der Waals surface area contributed by atoms with Crippen molar-refractivity contribution in [2.45, 2.75) is 4.90 Å². The summed E-state index contributed by atoms with van der Waals surface area (Å²) in [6.45, 7) is 0.